The Morgan fingerprint density at radius 1 is 1.30 bits per heavy atom. The molecule has 0 heterocycles. The minimum atomic E-state index is -0.671. The highest BCUT2D eigenvalue weighted by Crippen LogP contribution is 2.29. The summed E-state index contributed by atoms with van der Waals surface area (Å²) in [5, 5.41) is 19.3. The quantitative estimate of drug-likeness (QED) is 0.929. The smallest absolute Gasteiger partial charge is 0.125 e. The fourth-order valence-corrected chi connectivity index (χ4v) is 2.07. The van der Waals surface area contributed by atoms with E-state index in [1.54, 1.807) is 31.2 Å². The lowest BCUT2D eigenvalue weighted by atomic mass is 10.1. The van der Waals surface area contributed by atoms with E-state index in [2.05, 4.69) is 6.07 Å². The van der Waals surface area contributed by atoms with Gasteiger partial charge in [-0.1, -0.05) is 29.8 Å². The predicted octanol–water partition coefficient (Wildman–Crippen LogP) is 3.84. The third-order valence-electron chi connectivity index (χ3n) is 2.94. The monoisotopic (exact) mass is 287 g/mol. The lowest BCUT2D eigenvalue weighted by molar-refractivity contribution is 0.190. The van der Waals surface area contributed by atoms with Gasteiger partial charge in [0.15, 0.2) is 0 Å². The Morgan fingerprint density at radius 3 is 2.75 bits per heavy atom. The summed E-state index contributed by atoms with van der Waals surface area (Å²) in [5.74, 6) is 0.567. The molecule has 0 bridgehead atoms. The molecule has 0 unspecified atom stereocenters. The van der Waals surface area contributed by atoms with E-state index in [4.69, 9.17) is 21.6 Å². The average molecular weight is 288 g/mol. The molecule has 0 saturated heterocycles. The normalized spacial score (nSPS) is 11.7. The molecule has 0 aliphatic rings. The summed E-state index contributed by atoms with van der Waals surface area (Å²) in [5.41, 5.74) is 2.02. The molecule has 0 saturated carbocycles. The van der Waals surface area contributed by atoms with Gasteiger partial charge in [0.1, 0.15) is 12.4 Å². The molecule has 102 valence electrons. The fraction of sp³-hybridized carbons (Fsp3) is 0.188. The maximum Gasteiger partial charge on any atom is 0.125 e. The number of nitriles is 1. The Bertz CT molecular complexity index is 647. The van der Waals surface area contributed by atoms with E-state index in [1.807, 2.05) is 18.2 Å². The predicted molar refractivity (Wildman–Crippen MR) is 77.6 cm³/mol. The minimum absolute atomic E-state index is 0.269. The first-order valence-corrected chi connectivity index (χ1v) is 6.58. The molecule has 20 heavy (non-hydrogen) atoms. The zero-order valence-corrected chi connectivity index (χ0v) is 11.8. The largest absolute Gasteiger partial charge is 0.488 e. The fourth-order valence-electron chi connectivity index (χ4n) is 1.89. The van der Waals surface area contributed by atoms with Crippen molar-refractivity contribution in [3.05, 3.63) is 64.2 Å². The van der Waals surface area contributed by atoms with Crippen LogP contribution in [-0.4, -0.2) is 5.11 Å². The van der Waals surface area contributed by atoms with E-state index in [0.717, 1.165) is 5.56 Å². The molecular weight excluding hydrogens is 274 g/mol. The Morgan fingerprint density at radius 2 is 2.05 bits per heavy atom. The molecule has 0 fully saturated rings. The van der Waals surface area contributed by atoms with Crippen LogP contribution in [0.15, 0.2) is 42.5 Å². The van der Waals surface area contributed by atoms with Gasteiger partial charge in [-0.3, -0.25) is 0 Å². The van der Waals surface area contributed by atoms with Crippen LogP contribution in [0.2, 0.25) is 5.02 Å². The third-order valence-corrected chi connectivity index (χ3v) is 3.18. The van der Waals surface area contributed by atoms with E-state index < -0.39 is 6.10 Å². The Balaban J connectivity index is 2.21. The van der Waals surface area contributed by atoms with Crippen LogP contribution < -0.4 is 4.74 Å². The summed E-state index contributed by atoms with van der Waals surface area (Å²) in [7, 11) is 0. The highest BCUT2D eigenvalue weighted by atomic mass is 35.5. The van der Waals surface area contributed by atoms with Crippen LogP contribution in [0, 0.1) is 11.3 Å². The van der Waals surface area contributed by atoms with Gasteiger partial charge in [0.05, 0.1) is 17.7 Å². The van der Waals surface area contributed by atoms with E-state index in [1.165, 1.54) is 0 Å². The van der Waals surface area contributed by atoms with E-state index in [0.29, 0.717) is 21.9 Å². The number of ether oxygens (including phenoxy) is 1. The van der Waals surface area contributed by atoms with Crippen LogP contribution in [0.1, 0.15) is 29.7 Å². The average Bonchev–Trinajstić information content (AvgIpc) is 2.46. The Labute approximate surface area is 123 Å². The summed E-state index contributed by atoms with van der Waals surface area (Å²) < 4.78 is 5.71. The van der Waals surface area contributed by atoms with Crippen LogP contribution in [-0.2, 0) is 6.61 Å². The number of hydrogen-bond acceptors (Lipinski definition) is 3. The second-order valence-electron chi connectivity index (χ2n) is 4.42. The molecule has 0 aromatic heterocycles. The summed E-state index contributed by atoms with van der Waals surface area (Å²) in [6.07, 6.45) is -0.671. The molecule has 3 nitrogen and oxygen atoms in total. The number of aliphatic hydroxyl groups is 1. The molecular formula is C16H14ClNO2. The summed E-state index contributed by atoms with van der Waals surface area (Å²) in [6.45, 7) is 1.92. The van der Waals surface area contributed by atoms with Crippen molar-refractivity contribution in [2.45, 2.75) is 19.6 Å². The summed E-state index contributed by atoms with van der Waals surface area (Å²) in [4.78, 5) is 0. The molecule has 1 atom stereocenters. The van der Waals surface area contributed by atoms with E-state index in [9.17, 15) is 5.11 Å². The standard InChI is InChI=1S/C16H14ClNO2/c1-11(19)15-8-14(17)6-7-16(15)20-10-13-5-3-2-4-12(13)9-18/h2-8,11,19H,10H2,1H3/t11-/m0/s1. The highest BCUT2D eigenvalue weighted by molar-refractivity contribution is 6.30. The van der Waals surface area contributed by atoms with Crippen molar-refractivity contribution in [2.24, 2.45) is 0 Å². The first-order chi connectivity index (χ1) is 9.61. The molecule has 0 spiro atoms. The number of benzene rings is 2. The second-order valence-corrected chi connectivity index (χ2v) is 4.85. The maximum atomic E-state index is 9.74. The molecule has 2 aromatic carbocycles. The highest BCUT2D eigenvalue weighted by Gasteiger charge is 2.11. The van der Waals surface area contributed by atoms with Gasteiger partial charge >= 0.3 is 0 Å². The van der Waals surface area contributed by atoms with Gasteiger partial charge in [-0.05, 0) is 31.2 Å². The van der Waals surface area contributed by atoms with Crippen LogP contribution in [0.4, 0.5) is 0 Å². The van der Waals surface area contributed by atoms with Gasteiger partial charge in [-0.15, -0.1) is 0 Å². The van der Waals surface area contributed by atoms with E-state index in [-0.39, 0.29) is 6.61 Å². The van der Waals surface area contributed by atoms with Crippen molar-refractivity contribution in [2.75, 3.05) is 0 Å². The first kappa shape index (κ1) is 14.4. The molecule has 0 radical (unpaired) electrons. The van der Waals surface area contributed by atoms with Gasteiger partial charge in [-0.25, -0.2) is 0 Å². The maximum absolute atomic E-state index is 9.74. The molecule has 0 aliphatic heterocycles. The Hall–Kier alpha value is -2.02. The molecule has 4 heteroatoms. The number of nitrogens with zero attached hydrogens (tertiary/aromatic N) is 1. The van der Waals surface area contributed by atoms with Gasteiger partial charge < -0.3 is 9.84 Å². The van der Waals surface area contributed by atoms with Crippen molar-refractivity contribution in [3.63, 3.8) is 0 Å². The summed E-state index contributed by atoms with van der Waals surface area (Å²) in [6, 6.07) is 14.5. The minimum Gasteiger partial charge on any atom is -0.488 e. The van der Waals surface area contributed by atoms with Gasteiger partial charge in [0, 0.05) is 16.1 Å². The molecule has 1 N–H and O–H groups in total. The van der Waals surface area contributed by atoms with Gasteiger partial charge in [-0.2, -0.15) is 5.26 Å². The van der Waals surface area contributed by atoms with Crippen molar-refractivity contribution < 1.29 is 9.84 Å². The van der Waals surface area contributed by atoms with Crippen LogP contribution in [0.25, 0.3) is 0 Å². The lowest BCUT2D eigenvalue weighted by Gasteiger charge is -2.14. The van der Waals surface area contributed by atoms with Crippen molar-refractivity contribution in [1.82, 2.24) is 0 Å². The lowest BCUT2D eigenvalue weighted by Crippen LogP contribution is -2.02. The third kappa shape index (κ3) is 3.30. The van der Waals surface area contributed by atoms with Crippen LogP contribution >= 0.6 is 11.6 Å². The SMILES string of the molecule is C[C@H](O)c1cc(Cl)ccc1OCc1ccccc1C#N. The van der Waals surface area contributed by atoms with Crippen molar-refractivity contribution in [1.29, 1.82) is 5.26 Å². The van der Waals surface area contributed by atoms with E-state index >= 15 is 0 Å². The number of rotatable bonds is 4. The van der Waals surface area contributed by atoms with Gasteiger partial charge in [0.25, 0.3) is 0 Å². The van der Waals surface area contributed by atoms with Crippen LogP contribution in [0.3, 0.4) is 0 Å². The zero-order chi connectivity index (χ0) is 14.5. The molecule has 2 aromatic rings. The zero-order valence-electron chi connectivity index (χ0n) is 11.0. The summed E-state index contributed by atoms with van der Waals surface area (Å²) >= 11 is 5.92. The van der Waals surface area contributed by atoms with Crippen molar-refractivity contribution >= 4 is 11.6 Å². The molecule has 0 aliphatic carbocycles. The number of hydrogen-bond donors (Lipinski definition) is 1. The number of halogens is 1. The number of aliphatic hydroxyl groups excluding tert-OH is 1. The van der Waals surface area contributed by atoms with Gasteiger partial charge in [0.2, 0.25) is 0 Å². The van der Waals surface area contributed by atoms with Crippen molar-refractivity contribution in [3.8, 4) is 11.8 Å². The van der Waals surface area contributed by atoms with Crippen LogP contribution in [0.5, 0.6) is 5.75 Å². The second kappa shape index (κ2) is 6.42. The Kier molecular flexibility index (Phi) is 4.62. The topological polar surface area (TPSA) is 53.2 Å². The molecule has 0 amide bonds. The molecule has 2 rings (SSSR count). The first-order valence-electron chi connectivity index (χ1n) is 6.20.